The van der Waals surface area contributed by atoms with Gasteiger partial charge >= 0.3 is 5.97 Å². The number of aromatic nitrogens is 4. The number of carbonyl (C=O) groups is 2. The number of hydrogen-bond acceptors (Lipinski definition) is 17. The van der Waals surface area contributed by atoms with Crippen molar-refractivity contribution in [3.8, 4) is 11.8 Å². The van der Waals surface area contributed by atoms with Gasteiger partial charge in [0.1, 0.15) is 30.4 Å². The largest absolute Gasteiger partial charge is 0.481 e. The number of carbonyl (C=O) groups excluding carboxylic acids is 1. The Balaban J connectivity index is 1.03. The number of nitrogens with one attached hydrogen (secondary N) is 5. The van der Waals surface area contributed by atoms with E-state index in [-0.39, 0.29) is 50.0 Å². The third-order valence-corrected chi connectivity index (χ3v) is 26.7. The number of aromatic amines is 2. The molecule has 2 aromatic heterocycles. The number of anilines is 1. The summed E-state index contributed by atoms with van der Waals surface area (Å²) in [6, 6.07) is -0.627. The summed E-state index contributed by atoms with van der Waals surface area (Å²) in [7, 11) is 0. The Hall–Kier alpha value is -4.02. The molecule has 27 atom stereocenters. The van der Waals surface area contributed by atoms with Gasteiger partial charge in [-0.25, -0.2) is 9.97 Å². The minimum absolute atomic E-state index is 0.102. The normalized spacial score (nSPS) is 48.5. The van der Waals surface area contributed by atoms with E-state index in [4.69, 9.17) is 20.2 Å². The van der Waals surface area contributed by atoms with Gasteiger partial charge in [0.05, 0.1) is 60.7 Å². The third kappa shape index (κ3) is 8.44. The Kier molecular flexibility index (Phi) is 15.0. The molecule has 5 heterocycles. The van der Waals surface area contributed by atoms with Crippen LogP contribution in [0, 0.1) is 109 Å². The van der Waals surface area contributed by atoms with Gasteiger partial charge in [-0.05, 0) is 134 Å². The van der Waals surface area contributed by atoms with Crippen LogP contribution in [0.5, 0.6) is 0 Å². The van der Waals surface area contributed by atoms with Crippen LogP contribution in [-0.4, -0.2) is 172 Å². The fourth-order valence-corrected chi connectivity index (χ4v) is 22.3. The van der Waals surface area contributed by atoms with E-state index in [0.29, 0.717) is 75.8 Å². The molecule has 1 spiro atoms. The minimum atomic E-state index is -1.71. The summed E-state index contributed by atoms with van der Waals surface area (Å²) >= 11 is 0. The van der Waals surface area contributed by atoms with Crippen molar-refractivity contribution in [1.29, 1.82) is 0 Å². The maximum atomic E-state index is 15.9. The van der Waals surface area contributed by atoms with E-state index in [0.717, 1.165) is 37.0 Å². The molecular formula is C64H94N8O13. The van der Waals surface area contributed by atoms with Crippen LogP contribution < -0.4 is 21.7 Å². The maximum Gasteiger partial charge on any atom is 0.310 e. The minimum Gasteiger partial charge on any atom is -0.481 e. The molecule has 0 aromatic carbocycles. The van der Waals surface area contributed by atoms with E-state index in [9.17, 15) is 50.8 Å². The van der Waals surface area contributed by atoms with E-state index < -0.39 is 159 Å². The lowest BCUT2D eigenvalue weighted by Crippen LogP contribution is -2.75. The smallest absolute Gasteiger partial charge is 0.310 e. The summed E-state index contributed by atoms with van der Waals surface area (Å²) in [5.74, 6) is 1.25. The van der Waals surface area contributed by atoms with Crippen molar-refractivity contribution in [2.75, 3.05) is 38.2 Å². The van der Waals surface area contributed by atoms with Crippen LogP contribution >= 0.6 is 0 Å². The maximum absolute atomic E-state index is 15.9. The van der Waals surface area contributed by atoms with Crippen LogP contribution in [0.25, 0.3) is 0 Å². The van der Waals surface area contributed by atoms with E-state index in [1.165, 1.54) is 6.33 Å². The van der Waals surface area contributed by atoms with Gasteiger partial charge in [-0.2, -0.15) is 0 Å². The van der Waals surface area contributed by atoms with Crippen molar-refractivity contribution in [2.24, 2.45) is 103 Å². The van der Waals surface area contributed by atoms with E-state index in [2.05, 4.69) is 76.5 Å². The van der Waals surface area contributed by atoms with Crippen molar-refractivity contribution in [2.45, 2.75) is 192 Å². The summed E-state index contributed by atoms with van der Waals surface area (Å²) in [4.78, 5) is 46.5. The first kappa shape index (κ1) is 59.9. The molecule has 21 heteroatoms. The molecule has 0 radical (unpaired) electrons. The SMILES string of the molecule is C[C@]1(CO)CC[C@]2(C(=O)O)[C@@H]3CNc4nc[nH]c4C[C@@H]3[C@]3(C)C(=C[C@@H]4C#C[C@@H]5CCC[C@@]56C(=O)N[C@H]([C@@H](c5cnc[nH]5)[C@H](O)[C@H](CNC5CCCC5)[C@@H](N)O)[C@H]6C[C@H]5[C@@H](O)[C@@H](O[C@@H]6OC[C@@H](O)[C@H](O)[C@H]6O)[C@@](C)(CO)[C@H]6CC[C@]3(C)[C@H]4[C@]65C)[C@@H]2C1. The number of aliphatic hydroxyl groups excluding tert-OH is 8. The van der Waals surface area contributed by atoms with Gasteiger partial charge in [-0.15, -0.1) is 0 Å². The molecule has 85 heavy (non-hydrogen) atoms. The number of aliphatic hydroxyl groups is 8. The summed E-state index contributed by atoms with van der Waals surface area (Å²) in [6.45, 7) is 10.7. The highest BCUT2D eigenvalue weighted by Gasteiger charge is 2.79. The topological polar surface area (TPSA) is 354 Å². The molecule has 16 N–H and O–H groups in total. The standard InChI is InChI=1S/C64H94N8O13/c1-58(27-73)17-18-64(57(82)83)39(22-58)35-19-31-12-13-32-9-8-15-63(32)37(46(72-56(63)81)45(42-25-66-29-69-42)47(76)34(53(65)80)23-67-33-10-6-7-11-33)20-38-48(77)52(85-55-50(79)49(78)43(75)26-84-55)59(2,28-74)44-14-16-60(3,51(31)61(38,44)4)62(35,5)36-21-41-54(71-30-70-41)68-24-40(36)64/h19,25,29-34,36-40,43-53,55,67-68,73-80H,6-11,14-18,20-24,26-28,65H2,1-5H3,(H,66,69)(H,70,71)(H,72,81)(H,82,83)/t31-,32-,34-,36-,37+,38-,39-,40+,43+,44+,45+,46-,47+,48+,49-,50+,51-,52+,53-,55-,58-,59-,60+,61-,62-,63+,64+/m0/s1. The molecule has 21 nitrogen and oxygen atoms in total. The summed E-state index contributed by atoms with van der Waals surface area (Å²) in [6.07, 6.45) is 4.45. The fraction of sp³-hybridized carbons (Fsp3) is 0.812. The zero-order chi connectivity index (χ0) is 60.1. The molecule has 0 unspecified atom stereocenters. The molecule has 2 aromatic rings. The second kappa shape index (κ2) is 21.3. The number of H-pyrrole nitrogens is 2. The second-order valence-electron chi connectivity index (χ2n) is 30.1. The molecular weight excluding hydrogens is 1090 g/mol. The summed E-state index contributed by atoms with van der Waals surface area (Å²) < 4.78 is 12.9. The number of carboxylic acid groups (broad SMARTS) is 1. The first-order valence-electron chi connectivity index (χ1n) is 32.1. The number of imidazole rings is 2. The number of rotatable bonds is 13. The number of hydrogen-bond donors (Lipinski definition) is 15. The number of ether oxygens (including phenoxy) is 2. The predicted octanol–water partition coefficient (Wildman–Crippen LogP) is 2.51. The van der Waals surface area contributed by atoms with Gasteiger partial charge in [0.2, 0.25) is 5.91 Å². The lowest BCUT2D eigenvalue weighted by molar-refractivity contribution is -0.343. The van der Waals surface area contributed by atoms with Crippen molar-refractivity contribution in [3.05, 3.63) is 41.9 Å². The van der Waals surface area contributed by atoms with E-state index in [1.807, 2.05) is 6.92 Å². The predicted molar refractivity (Wildman–Crippen MR) is 309 cm³/mol. The summed E-state index contributed by atoms with van der Waals surface area (Å²) in [5.41, 5.74) is 2.32. The molecule has 11 aliphatic rings. The number of carboxylic acids is 1. The van der Waals surface area contributed by atoms with Gasteiger partial charge < -0.3 is 87.1 Å². The number of amides is 1. The number of fused-ring (bicyclic) bond motifs is 8. The Labute approximate surface area is 497 Å². The van der Waals surface area contributed by atoms with Crippen molar-refractivity contribution in [3.63, 3.8) is 0 Å². The average Bonchev–Trinajstić information content (AvgIpc) is 1.22. The third-order valence-electron chi connectivity index (χ3n) is 26.7. The molecule has 13 rings (SSSR count). The lowest BCUT2D eigenvalue weighted by atomic mass is 9.28. The van der Waals surface area contributed by atoms with Crippen LogP contribution in [0.4, 0.5) is 5.82 Å². The van der Waals surface area contributed by atoms with Crippen LogP contribution in [0.15, 0.2) is 30.5 Å². The molecule has 0 bridgehead atoms. The zero-order valence-corrected chi connectivity index (χ0v) is 50.0. The number of allylic oxidation sites excluding steroid dienone is 2. The molecule has 2 saturated heterocycles. The lowest BCUT2D eigenvalue weighted by Gasteiger charge is -2.76. The molecule has 3 aliphatic heterocycles. The first-order chi connectivity index (χ1) is 40.5. The molecule has 8 fully saturated rings. The Morgan fingerprint density at radius 3 is 2.39 bits per heavy atom. The van der Waals surface area contributed by atoms with Gasteiger partial charge in [0, 0.05) is 72.8 Å². The van der Waals surface area contributed by atoms with Gasteiger partial charge in [-0.3, -0.25) is 9.59 Å². The van der Waals surface area contributed by atoms with Gasteiger partial charge in [0.25, 0.3) is 0 Å². The zero-order valence-electron chi connectivity index (χ0n) is 50.0. The number of nitrogens with two attached hydrogens (primary N) is 1. The Morgan fingerprint density at radius 1 is 0.906 bits per heavy atom. The number of aliphatic carboxylic acids is 1. The first-order valence-corrected chi connectivity index (χ1v) is 32.1. The quantitative estimate of drug-likeness (QED) is 0.0593. The Bertz CT molecular complexity index is 2950. The van der Waals surface area contributed by atoms with Crippen molar-refractivity contribution >= 4 is 17.7 Å². The summed E-state index contributed by atoms with van der Waals surface area (Å²) in [5, 5.41) is 118. The Morgan fingerprint density at radius 2 is 1.68 bits per heavy atom. The molecule has 468 valence electrons. The molecule has 6 saturated carbocycles. The molecule has 1 amide bonds. The van der Waals surface area contributed by atoms with Gasteiger partial charge in [0.15, 0.2) is 6.29 Å². The van der Waals surface area contributed by atoms with Crippen LogP contribution in [0.1, 0.15) is 135 Å². The van der Waals surface area contributed by atoms with Crippen LogP contribution in [0.2, 0.25) is 0 Å². The monoisotopic (exact) mass is 1180 g/mol. The highest BCUT2D eigenvalue weighted by Crippen LogP contribution is 2.80. The number of nitrogens with zero attached hydrogens (tertiary/aromatic N) is 2. The van der Waals surface area contributed by atoms with E-state index >= 15 is 4.79 Å². The molecule has 8 aliphatic carbocycles. The average molecular weight is 1180 g/mol. The van der Waals surface area contributed by atoms with Gasteiger partial charge in [-0.1, -0.05) is 77.4 Å². The fourth-order valence-electron chi connectivity index (χ4n) is 22.3. The van der Waals surface area contributed by atoms with Crippen LogP contribution in [0.3, 0.4) is 0 Å². The van der Waals surface area contributed by atoms with E-state index in [1.54, 1.807) is 12.5 Å². The highest BCUT2D eigenvalue weighted by molar-refractivity contribution is 5.87. The van der Waals surface area contributed by atoms with Crippen LogP contribution in [-0.2, 0) is 25.5 Å². The van der Waals surface area contributed by atoms with Crippen molar-refractivity contribution < 1.29 is 65.0 Å². The van der Waals surface area contributed by atoms with Crippen molar-refractivity contribution in [1.82, 2.24) is 30.6 Å². The second-order valence-corrected chi connectivity index (χ2v) is 30.1. The highest BCUT2D eigenvalue weighted by atomic mass is 16.7.